The summed E-state index contributed by atoms with van der Waals surface area (Å²) < 4.78 is 55.5. The van der Waals surface area contributed by atoms with Gasteiger partial charge in [0, 0.05) is 37.2 Å². The molecule has 0 bridgehead atoms. The lowest BCUT2D eigenvalue weighted by Gasteiger charge is -2.34. The number of hydrogen-bond acceptors (Lipinski definition) is 4. The average Bonchev–Trinajstić information content (AvgIpc) is 3.09. The van der Waals surface area contributed by atoms with Crippen molar-refractivity contribution in [3.05, 3.63) is 72.3 Å². The van der Waals surface area contributed by atoms with Gasteiger partial charge in [0.05, 0.1) is 18.4 Å². The zero-order valence-electron chi connectivity index (χ0n) is 17.6. The molecule has 2 atom stereocenters. The molecule has 3 aromatic rings. The van der Waals surface area contributed by atoms with Crippen molar-refractivity contribution in [3.63, 3.8) is 0 Å². The van der Waals surface area contributed by atoms with Gasteiger partial charge in [0.15, 0.2) is 0 Å². The number of hydrogen-bond donors (Lipinski definition) is 0. The van der Waals surface area contributed by atoms with E-state index in [0.29, 0.717) is 25.2 Å². The third kappa shape index (κ3) is 4.42. The number of anilines is 1. The number of aryl methyl sites for hydroxylation is 1. The summed E-state index contributed by atoms with van der Waals surface area (Å²) in [5.41, 5.74) is -1.48. The maximum absolute atomic E-state index is 13.4. The van der Waals surface area contributed by atoms with Gasteiger partial charge in [-0.3, -0.25) is 4.40 Å². The molecule has 1 aliphatic heterocycles. The van der Waals surface area contributed by atoms with Gasteiger partial charge in [0.1, 0.15) is 0 Å². The predicted molar refractivity (Wildman–Crippen MR) is 118 cm³/mol. The van der Waals surface area contributed by atoms with Crippen LogP contribution in [0.15, 0.2) is 55.5 Å². The van der Waals surface area contributed by atoms with Crippen molar-refractivity contribution in [2.45, 2.75) is 44.4 Å². The minimum absolute atomic E-state index is 0.0169. The lowest BCUT2D eigenvalue weighted by molar-refractivity contribution is -0.0431. The fourth-order valence-corrected chi connectivity index (χ4v) is 4.99. The molecule has 0 saturated carbocycles. The highest BCUT2D eigenvalue weighted by Gasteiger charge is 2.43. The highest BCUT2D eigenvalue weighted by Crippen LogP contribution is 2.35. The van der Waals surface area contributed by atoms with Gasteiger partial charge in [-0.15, -0.1) is 6.58 Å². The van der Waals surface area contributed by atoms with E-state index < -0.39 is 16.5 Å². The van der Waals surface area contributed by atoms with Crippen molar-refractivity contribution in [2.24, 2.45) is 0 Å². The number of benzene rings is 1. The van der Waals surface area contributed by atoms with E-state index in [-0.39, 0.29) is 19.1 Å². The molecule has 32 heavy (non-hydrogen) atoms. The third-order valence-corrected chi connectivity index (χ3v) is 6.86. The Hall–Kier alpha value is -2.72. The van der Waals surface area contributed by atoms with E-state index in [9.17, 15) is 17.4 Å². The second kappa shape index (κ2) is 9.03. The topological polar surface area (TPSA) is 53.7 Å². The minimum Gasteiger partial charge on any atom is -0.361 e. The SMILES string of the molecule is C=CCCC1CN(S(=O)C(F)(F)F)Cc2c(C)cccc2N1Cc1cnc2ncccn12. The Morgan fingerprint density at radius 1 is 1.28 bits per heavy atom. The van der Waals surface area contributed by atoms with Crippen LogP contribution in [0.2, 0.25) is 0 Å². The first kappa shape index (κ1) is 22.5. The van der Waals surface area contributed by atoms with Gasteiger partial charge in [-0.05, 0) is 43.0 Å². The molecule has 1 aliphatic rings. The molecule has 170 valence electrons. The number of halogens is 3. The predicted octanol–water partition coefficient (Wildman–Crippen LogP) is 4.38. The number of imidazole rings is 1. The van der Waals surface area contributed by atoms with Gasteiger partial charge < -0.3 is 4.90 Å². The zero-order valence-corrected chi connectivity index (χ0v) is 18.4. The Morgan fingerprint density at radius 2 is 2.09 bits per heavy atom. The molecular weight excluding hydrogens is 439 g/mol. The highest BCUT2D eigenvalue weighted by atomic mass is 32.2. The van der Waals surface area contributed by atoms with Crippen molar-refractivity contribution < 1.29 is 17.4 Å². The van der Waals surface area contributed by atoms with Gasteiger partial charge in [-0.1, -0.05) is 18.2 Å². The van der Waals surface area contributed by atoms with E-state index in [2.05, 4.69) is 21.4 Å². The molecule has 0 spiro atoms. The number of alkyl halides is 3. The van der Waals surface area contributed by atoms with Crippen LogP contribution in [-0.2, 0) is 24.1 Å². The van der Waals surface area contributed by atoms with Crippen LogP contribution >= 0.6 is 0 Å². The molecule has 0 amide bonds. The largest absolute Gasteiger partial charge is 0.485 e. The van der Waals surface area contributed by atoms with E-state index in [1.807, 2.05) is 41.8 Å². The third-order valence-electron chi connectivity index (χ3n) is 5.72. The maximum Gasteiger partial charge on any atom is 0.485 e. The molecule has 0 radical (unpaired) electrons. The first-order chi connectivity index (χ1) is 15.3. The van der Waals surface area contributed by atoms with Crippen LogP contribution in [0.25, 0.3) is 5.78 Å². The van der Waals surface area contributed by atoms with E-state index in [0.717, 1.165) is 26.8 Å². The van der Waals surface area contributed by atoms with Crippen molar-refractivity contribution in [3.8, 4) is 0 Å². The summed E-state index contributed by atoms with van der Waals surface area (Å²) in [6.45, 7) is 6.04. The first-order valence-corrected chi connectivity index (χ1v) is 11.4. The second-order valence-electron chi connectivity index (χ2n) is 7.78. The molecule has 0 N–H and O–H groups in total. The quantitative estimate of drug-likeness (QED) is 0.509. The highest BCUT2D eigenvalue weighted by molar-refractivity contribution is 7.83. The Morgan fingerprint density at radius 3 is 2.84 bits per heavy atom. The monoisotopic (exact) mass is 463 g/mol. The molecule has 0 fully saturated rings. The summed E-state index contributed by atoms with van der Waals surface area (Å²) in [6.07, 6.45) is 8.22. The summed E-state index contributed by atoms with van der Waals surface area (Å²) in [5.74, 6) is 0.559. The molecule has 0 saturated heterocycles. The van der Waals surface area contributed by atoms with Crippen LogP contribution in [0.4, 0.5) is 18.9 Å². The van der Waals surface area contributed by atoms with Crippen molar-refractivity contribution >= 4 is 22.5 Å². The lowest BCUT2D eigenvalue weighted by Crippen LogP contribution is -2.44. The van der Waals surface area contributed by atoms with Gasteiger partial charge in [-0.25, -0.2) is 18.5 Å². The van der Waals surface area contributed by atoms with Crippen molar-refractivity contribution in [2.75, 3.05) is 11.4 Å². The van der Waals surface area contributed by atoms with Gasteiger partial charge in [0.2, 0.25) is 16.8 Å². The Kier molecular flexibility index (Phi) is 6.34. The summed E-state index contributed by atoms with van der Waals surface area (Å²) in [5, 5.41) is 0. The fraction of sp³-hybridized carbons (Fsp3) is 0.364. The lowest BCUT2D eigenvalue weighted by atomic mass is 10.0. The molecule has 2 aromatic heterocycles. The average molecular weight is 464 g/mol. The van der Waals surface area contributed by atoms with E-state index >= 15 is 0 Å². The smallest absolute Gasteiger partial charge is 0.361 e. The van der Waals surface area contributed by atoms with Crippen LogP contribution < -0.4 is 4.90 Å². The number of nitrogens with zero attached hydrogens (tertiary/aromatic N) is 5. The normalized spacial score (nSPS) is 18.4. The standard InChI is InChI=1S/C22H24F3N5OS/c1-3-4-8-17-13-28(32(31)22(23,24)25)15-19-16(2)7-5-9-20(19)30(17)14-18-12-27-21-26-10-6-11-29(18)21/h3,5-7,9-12,17H,1,4,8,13-15H2,2H3. The van der Waals surface area contributed by atoms with Crippen LogP contribution in [0, 0.1) is 6.92 Å². The fourth-order valence-electron chi connectivity index (χ4n) is 4.15. The zero-order chi connectivity index (χ0) is 22.9. The van der Waals surface area contributed by atoms with E-state index in [1.165, 1.54) is 0 Å². The number of fused-ring (bicyclic) bond motifs is 2. The summed E-state index contributed by atoms with van der Waals surface area (Å²) in [6, 6.07) is 7.20. The van der Waals surface area contributed by atoms with E-state index in [1.54, 1.807) is 18.5 Å². The number of allylic oxidation sites excluding steroid dienone is 1. The van der Waals surface area contributed by atoms with Crippen molar-refractivity contribution in [1.82, 2.24) is 18.7 Å². The van der Waals surface area contributed by atoms with Crippen molar-refractivity contribution in [1.29, 1.82) is 0 Å². The first-order valence-electron chi connectivity index (χ1n) is 10.3. The summed E-state index contributed by atoms with van der Waals surface area (Å²) in [7, 11) is -3.10. The van der Waals surface area contributed by atoms with Crippen LogP contribution in [-0.4, -0.2) is 41.0 Å². The number of aromatic nitrogens is 3. The second-order valence-corrected chi connectivity index (χ2v) is 9.25. The Balaban J connectivity index is 1.80. The summed E-state index contributed by atoms with van der Waals surface area (Å²) >= 11 is 0. The molecule has 2 unspecified atom stereocenters. The van der Waals surface area contributed by atoms with Gasteiger partial charge in [0.25, 0.3) is 0 Å². The molecular formula is C22H24F3N5OS. The van der Waals surface area contributed by atoms with Crippen LogP contribution in [0.3, 0.4) is 0 Å². The Bertz CT molecular complexity index is 1150. The Labute approximate surface area is 187 Å². The summed E-state index contributed by atoms with van der Waals surface area (Å²) in [4.78, 5) is 10.7. The minimum atomic E-state index is -4.81. The molecule has 6 nitrogen and oxygen atoms in total. The van der Waals surface area contributed by atoms with Crippen LogP contribution in [0.5, 0.6) is 0 Å². The molecule has 10 heteroatoms. The molecule has 1 aromatic carbocycles. The maximum atomic E-state index is 13.4. The molecule has 3 heterocycles. The number of rotatable bonds is 6. The molecule has 4 rings (SSSR count). The van der Waals surface area contributed by atoms with Crippen LogP contribution in [0.1, 0.15) is 29.7 Å². The van der Waals surface area contributed by atoms with E-state index in [4.69, 9.17) is 0 Å². The molecule has 0 aliphatic carbocycles. The van der Waals surface area contributed by atoms with Gasteiger partial charge in [-0.2, -0.15) is 13.2 Å². The van der Waals surface area contributed by atoms with Gasteiger partial charge >= 0.3 is 5.51 Å².